The number of pyridine rings is 1. The highest BCUT2D eigenvalue weighted by Gasteiger charge is 2.33. The number of nitriles is 1. The van der Waals surface area contributed by atoms with E-state index in [4.69, 9.17) is 17.3 Å². The van der Waals surface area contributed by atoms with E-state index in [1.54, 1.807) is 35.8 Å². The number of thioether (sulfide) groups is 1. The normalized spacial score (nSPS) is 16.8. The fourth-order valence-corrected chi connectivity index (χ4v) is 6.15. The number of aliphatic carboxylic acids is 1. The number of aromatic nitrogens is 1. The summed E-state index contributed by atoms with van der Waals surface area (Å²) < 4.78 is 16.3. The fourth-order valence-electron chi connectivity index (χ4n) is 4.86. The average molecular weight is 570 g/mol. The molecule has 0 radical (unpaired) electrons. The Morgan fingerprint density at radius 1 is 1.21 bits per heavy atom. The van der Waals surface area contributed by atoms with Crippen LogP contribution in [0.15, 0.2) is 34.0 Å². The van der Waals surface area contributed by atoms with Gasteiger partial charge in [-0.15, -0.1) is 0 Å². The van der Waals surface area contributed by atoms with E-state index in [1.165, 1.54) is 11.0 Å². The lowest BCUT2D eigenvalue weighted by Crippen LogP contribution is -2.49. The molecule has 1 aromatic carbocycles. The van der Waals surface area contributed by atoms with Crippen LogP contribution in [-0.4, -0.2) is 63.5 Å². The maximum absolute atomic E-state index is 14.4. The predicted octanol–water partition coefficient (Wildman–Crippen LogP) is 3.58. The van der Waals surface area contributed by atoms with E-state index >= 15 is 0 Å². The van der Waals surface area contributed by atoms with Crippen molar-refractivity contribution in [3.63, 3.8) is 0 Å². The van der Waals surface area contributed by atoms with Gasteiger partial charge in [-0.25, -0.2) is 4.39 Å². The number of para-hydroxylation sites is 1. The summed E-state index contributed by atoms with van der Waals surface area (Å²) in [6, 6.07) is 8.63. The molecule has 12 heteroatoms. The van der Waals surface area contributed by atoms with E-state index in [2.05, 4.69) is 0 Å². The van der Waals surface area contributed by atoms with Crippen molar-refractivity contribution in [1.29, 1.82) is 5.26 Å². The van der Waals surface area contributed by atoms with Crippen molar-refractivity contribution in [2.45, 2.75) is 33.2 Å². The summed E-state index contributed by atoms with van der Waals surface area (Å²) in [5.41, 5.74) is 1.18. The number of benzene rings is 1. The Balaban J connectivity index is 1.71. The molecule has 3 heterocycles. The Kier molecular flexibility index (Phi) is 8.72. The number of anilines is 2. The molecular weight excluding hydrogens is 541 g/mol. The maximum atomic E-state index is 14.4. The number of carbonyl (C=O) groups is 2. The van der Waals surface area contributed by atoms with Crippen LogP contribution in [-0.2, 0) is 16.1 Å². The van der Waals surface area contributed by atoms with E-state index < -0.39 is 11.5 Å². The Morgan fingerprint density at radius 2 is 1.87 bits per heavy atom. The molecule has 2 saturated heterocycles. The van der Waals surface area contributed by atoms with Crippen LogP contribution in [0.3, 0.4) is 0 Å². The third-order valence-electron chi connectivity index (χ3n) is 6.86. The van der Waals surface area contributed by atoms with Crippen LogP contribution in [0.1, 0.15) is 36.5 Å². The van der Waals surface area contributed by atoms with Gasteiger partial charge >= 0.3 is 5.97 Å². The fraction of sp³-hybridized carbons (Fsp3) is 0.370. The number of carbonyl (C=O) groups excluding carboxylic acids is 1. The zero-order chi connectivity index (χ0) is 28.3. The smallest absolute Gasteiger partial charge is 0.303 e. The van der Waals surface area contributed by atoms with Gasteiger partial charge in [0, 0.05) is 51.3 Å². The molecule has 4 rings (SSSR count). The van der Waals surface area contributed by atoms with E-state index in [1.807, 2.05) is 22.8 Å². The lowest BCUT2D eigenvalue weighted by atomic mass is 10.0. The molecule has 0 bridgehead atoms. The van der Waals surface area contributed by atoms with Crippen molar-refractivity contribution < 1.29 is 19.1 Å². The van der Waals surface area contributed by atoms with Gasteiger partial charge in [0.15, 0.2) is 0 Å². The Hall–Kier alpha value is -3.69. The molecule has 2 aliphatic rings. The standard InChI is InChI=1S/C27H28FN5O4S2/c1-3-32-24(31-13-11-30(12-14-31)21-8-5-4-7-20(21)28)18(17(2)19(16-29)25(32)36)15-22-26(37)33(27(38)39-22)10-6-9-23(34)35/h4-5,7-8,15H,3,6,9-14H2,1-2H3,(H,34,35)/b22-15+. The SMILES string of the molecule is CCn1c(N2CCN(c3ccccc3F)CC2)c(/C=C2/SC(=S)N(CCCC(=O)O)C2=O)c(C)c(C#N)c1=O. The summed E-state index contributed by atoms with van der Waals surface area (Å²) in [4.78, 5) is 43.1. The summed E-state index contributed by atoms with van der Waals surface area (Å²) in [7, 11) is 0. The second-order valence-corrected chi connectivity index (χ2v) is 10.8. The number of thiocarbonyl (C=S) groups is 1. The van der Waals surface area contributed by atoms with E-state index in [9.17, 15) is 24.0 Å². The maximum Gasteiger partial charge on any atom is 0.303 e. The monoisotopic (exact) mass is 569 g/mol. The van der Waals surface area contributed by atoms with Gasteiger partial charge in [-0.1, -0.05) is 36.1 Å². The Morgan fingerprint density at radius 3 is 2.49 bits per heavy atom. The number of carboxylic acid groups (broad SMARTS) is 1. The van der Waals surface area contributed by atoms with Crippen LogP contribution >= 0.6 is 24.0 Å². The molecule has 0 atom stereocenters. The van der Waals surface area contributed by atoms with Crippen molar-refractivity contribution >= 4 is 57.8 Å². The minimum absolute atomic E-state index is 0.00813. The van der Waals surface area contributed by atoms with Crippen LogP contribution in [0.4, 0.5) is 15.9 Å². The van der Waals surface area contributed by atoms with E-state index in [-0.39, 0.29) is 36.7 Å². The van der Waals surface area contributed by atoms with Gasteiger partial charge < -0.3 is 14.9 Å². The third-order valence-corrected chi connectivity index (χ3v) is 8.23. The topological polar surface area (TPSA) is 110 Å². The average Bonchev–Trinajstić information content (AvgIpc) is 3.18. The summed E-state index contributed by atoms with van der Waals surface area (Å²) in [6.45, 7) is 6.04. The molecule has 2 fully saturated rings. The molecule has 0 saturated carbocycles. The highest BCUT2D eigenvalue weighted by molar-refractivity contribution is 8.26. The number of amides is 1. The number of carboxylic acids is 1. The molecule has 204 valence electrons. The Labute approximate surface area is 235 Å². The summed E-state index contributed by atoms with van der Waals surface area (Å²) in [6.07, 6.45) is 1.87. The van der Waals surface area contributed by atoms with Gasteiger partial charge in [0.2, 0.25) is 0 Å². The number of nitrogens with zero attached hydrogens (tertiary/aromatic N) is 5. The van der Waals surface area contributed by atoms with Crippen LogP contribution in [0.2, 0.25) is 0 Å². The number of halogens is 1. The first-order chi connectivity index (χ1) is 18.7. The molecule has 9 nitrogen and oxygen atoms in total. The van der Waals surface area contributed by atoms with Gasteiger partial charge in [0.25, 0.3) is 11.5 Å². The lowest BCUT2D eigenvalue weighted by molar-refractivity contribution is -0.137. The highest BCUT2D eigenvalue weighted by atomic mass is 32.2. The van der Waals surface area contributed by atoms with Crippen LogP contribution in [0.5, 0.6) is 0 Å². The van der Waals surface area contributed by atoms with Crippen LogP contribution in [0.25, 0.3) is 6.08 Å². The quantitative estimate of drug-likeness (QED) is 0.377. The first kappa shape index (κ1) is 28.3. The van der Waals surface area contributed by atoms with Crippen molar-refractivity contribution in [2.24, 2.45) is 0 Å². The Bertz CT molecular complexity index is 1460. The van der Waals surface area contributed by atoms with Crippen LogP contribution < -0.4 is 15.4 Å². The number of piperazine rings is 1. The minimum atomic E-state index is -0.947. The molecule has 1 amide bonds. The molecule has 1 aromatic heterocycles. The second-order valence-electron chi connectivity index (χ2n) is 9.15. The van der Waals surface area contributed by atoms with E-state index in [0.29, 0.717) is 64.6 Å². The third kappa shape index (κ3) is 5.69. The van der Waals surface area contributed by atoms with Gasteiger partial charge in [0.1, 0.15) is 27.6 Å². The molecular formula is C27H28FN5O4S2. The molecule has 39 heavy (non-hydrogen) atoms. The summed E-state index contributed by atoms with van der Waals surface area (Å²) in [5, 5.41) is 18.7. The molecule has 1 N–H and O–H groups in total. The van der Waals surface area contributed by atoms with Crippen molar-refractivity contribution in [3.8, 4) is 6.07 Å². The molecule has 0 unspecified atom stereocenters. The van der Waals surface area contributed by atoms with Crippen molar-refractivity contribution in [3.05, 3.63) is 62.0 Å². The van der Waals surface area contributed by atoms with Gasteiger partial charge in [-0.2, -0.15) is 5.26 Å². The van der Waals surface area contributed by atoms with Crippen molar-refractivity contribution in [1.82, 2.24) is 9.47 Å². The predicted molar refractivity (Wildman–Crippen MR) is 153 cm³/mol. The highest BCUT2D eigenvalue weighted by Crippen LogP contribution is 2.36. The zero-order valence-corrected chi connectivity index (χ0v) is 23.3. The molecule has 0 spiro atoms. The molecule has 2 aromatic rings. The minimum Gasteiger partial charge on any atom is -0.481 e. The molecule has 2 aliphatic heterocycles. The van der Waals surface area contributed by atoms with Gasteiger partial charge in [-0.05, 0) is 44.0 Å². The first-order valence-electron chi connectivity index (χ1n) is 12.6. The number of rotatable bonds is 8. The summed E-state index contributed by atoms with van der Waals surface area (Å²) in [5.74, 6) is -0.977. The zero-order valence-electron chi connectivity index (χ0n) is 21.6. The van der Waals surface area contributed by atoms with Gasteiger partial charge in [-0.3, -0.25) is 23.9 Å². The lowest BCUT2D eigenvalue weighted by Gasteiger charge is -2.39. The number of hydrogen-bond donors (Lipinski definition) is 1. The first-order valence-corrected chi connectivity index (χ1v) is 13.8. The van der Waals surface area contributed by atoms with Crippen LogP contribution in [0, 0.1) is 24.1 Å². The largest absolute Gasteiger partial charge is 0.481 e. The van der Waals surface area contributed by atoms with E-state index in [0.717, 1.165) is 11.8 Å². The number of hydrogen-bond acceptors (Lipinski definition) is 8. The second kappa shape index (κ2) is 12.0. The van der Waals surface area contributed by atoms with Crippen molar-refractivity contribution in [2.75, 3.05) is 42.5 Å². The van der Waals surface area contributed by atoms with Gasteiger partial charge in [0.05, 0.1) is 10.6 Å². The molecule has 0 aliphatic carbocycles. The summed E-state index contributed by atoms with van der Waals surface area (Å²) >= 11 is 6.51.